The number of guanidine groups is 1. The molecule has 0 aliphatic rings. The first-order chi connectivity index (χ1) is 10.6. The molecule has 1 rings (SSSR count). The number of aryl methyl sites for hydroxylation is 1. The van der Waals surface area contributed by atoms with E-state index in [1.54, 1.807) is 20.0 Å². The molecule has 0 unspecified atom stereocenters. The van der Waals surface area contributed by atoms with E-state index in [-0.39, 0.29) is 29.9 Å². The van der Waals surface area contributed by atoms with Crippen LogP contribution >= 0.6 is 24.0 Å². The van der Waals surface area contributed by atoms with Crippen molar-refractivity contribution in [3.8, 4) is 0 Å². The molecule has 0 aliphatic heterocycles. The van der Waals surface area contributed by atoms with Crippen molar-refractivity contribution in [1.82, 2.24) is 10.6 Å². The SMILES string of the molecule is CCCCCCNC(=NC)NCc1cc(C(=O)OC)c(C)o1.I. The number of ether oxygens (including phenoxy) is 1. The van der Waals surface area contributed by atoms with Crippen molar-refractivity contribution in [2.45, 2.75) is 46.1 Å². The summed E-state index contributed by atoms with van der Waals surface area (Å²) in [4.78, 5) is 15.7. The standard InChI is InChI=1S/C16H27N3O3.HI/c1-5-6-7-8-9-18-16(17-3)19-11-13-10-14(12(2)22-13)15(20)21-4;/h10H,5-9,11H2,1-4H3,(H2,17,18,19);1H. The first kappa shape index (κ1) is 21.8. The summed E-state index contributed by atoms with van der Waals surface area (Å²) in [5, 5.41) is 6.43. The first-order valence-corrected chi connectivity index (χ1v) is 7.74. The molecule has 0 fully saturated rings. The third kappa shape index (κ3) is 7.71. The number of furan rings is 1. The number of methoxy groups -OCH3 is 1. The van der Waals surface area contributed by atoms with Gasteiger partial charge >= 0.3 is 5.97 Å². The minimum atomic E-state index is -0.383. The van der Waals surface area contributed by atoms with Gasteiger partial charge in [-0.15, -0.1) is 24.0 Å². The van der Waals surface area contributed by atoms with Gasteiger partial charge in [0, 0.05) is 13.6 Å². The second-order valence-corrected chi connectivity index (χ2v) is 5.09. The lowest BCUT2D eigenvalue weighted by Crippen LogP contribution is -2.37. The Labute approximate surface area is 155 Å². The van der Waals surface area contributed by atoms with Gasteiger partial charge in [-0.25, -0.2) is 4.79 Å². The molecule has 1 aromatic rings. The molecule has 0 aromatic carbocycles. The summed E-state index contributed by atoms with van der Waals surface area (Å²) in [7, 11) is 3.09. The minimum absolute atomic E-state index is 0. The van der Waals surface area contributed by atoms with Gasteiger partial charge in [-0.1, -0.05) is 26.2 Å². The Morgan fingerprint density at radius 3 is 2.65 bits per heavy atom. The van der Waals surface area contributed by atoms with Gasteiger partial charge in [0.1, 0.15) is 17.1 Å². The molecule has 0 aliphatic carbocycles. The normalized spacial score (nSPS) is 10.9. The van der Waals surface area contributed by atoms with Crippen LogP contribution in [0.15, 0.2) is 15.5 Å². The average molecular weight is 437 g/mol. The molecule has 23 heavy (non-hydrogen) atoms. The molecule has 7 heteroatoms. The maximum absolute atomic E-state index is 11.5. The van der Waals surface area contributed by atoms with Gasteiger partial charge in [-0.2, -0.15) is 0 Å². The number of hydrogen-bond donors (Lipinski definition) is 2. The maximum atomic E-state index is 11.5. The third-order valence-electron chi connectivity index (χ3n) is 3.35. The molecular weight excluding hydrogens is 409 g/mol. The fourth-order valence-corrected chi connectivity index (χ4v) is 2.09. The molecule has 6 nitrogen and oxygen atoms in total. The van der Waals surface area contributed by atoms with E-state index in [1.807, 2.05) is 0 Å². The summed E-state index contributed by atoms with van der Waals surface area (Å²) in [6.07, 6.45) is 4.84. The van der Waals surface area contributed by atoms with Crippen LogP contribution in [0.5, 0.6) is 0 Å². The lowest BCUT2D eigenvalue weighted by Gasteiger charge is -2.10. The Morgan fingerprint density at radius 2 is 2.04 bits per heavy atom. The van der Waals surface area contributed by atoms with Crippen LogP contribution in [0.25, 0.3) is 0 Å². The Hall–Kier alpha value is -1.25. The van der Waals surface area contributed by atoms with Crippen LogP contribution < -0.4 is 10.6 Å². The van der Waals surface area contributed by atoms with Crippen molar-refractivity contribution in [2.75, 3.05) is 20.7 Å². The summed E-state index contributed by atoms with van der Waals surface area (Å²) in [6.45, 7) is 5.30. The molecular formula is C16H28IN3O3. The zero-order chi connectivity index (χ0) is 16.4. The number of rotatable bonds is 8. The zero-order valence-corrected chi connectivity index (χ0v) is 16.7. The van der Waals surface area contributed by atoms with E-state index in [9.17, 15) is 4.79 Å². The molecule has 1 heterocycles. The number of unbranched alkanes of at least 4 members (excludes halogenated alkanes) is 3. The predicted octanol–water partition coefficient (Wildman–Crippen LogP) is 3.24. The van der Waals surface area contributed by atoms with Crippen molar-refractivity contribution in [3.63, 3.8) is 0 Å². The summed E-state index contributed by atoms with van der Waals surface area (Å²) >= 11 is 0. The van der Waals surface area contributed by atoms with Crippen molar-refractivity contribution in [3.05, 3.63) is 23.2 Å². The smallest absolute Gasteiger partial charge is 0.341 e. The van der Waals surface area contributed by atoms with Crippen LogP contribution in [0.2, 0.25) is 0 Å². The number of carbonyl (C=O) groups excluding carboxylic acids is 1. The monoisotopic (exact) mass is 437 g/mol. The zero-order valence-electron chi connectivity index (χ0n) is 14.4. The van der Waals surface area contributed by atoms with Crippen LogP contribution in [-0.4, -0.2) is 32.6 Å². The fourth-order valence-electron chi connectivity index (χ4n) is 2.09. The van der Waals surface area contributed by atoms with Gasteiger partial charge in [0.2, 0.25) is 0 Å². The summed E-state index contributed by atoms with van der Waals surface area (Å²) < 4.78 is 10.3. The van der Waals surface area contributed by atoms with Gasteiger partial charge in [0.25, 0.3) is 0 Å². The molecule has 0 bridgehead atoms. The summed E-state index contributed by atoms with van der Waals surface area (Å²) in [5.41, 5.74) is 0.460. The highest BCUT2D eigenvalue weighted by atomic mass is 127. The molecule has 0 saturated carbocycles. The largest absolute Gasteiger partial charge is 0.465 e. The molecule has 0 atom stereocenters. The predicted molar refractivity (Wildman–Crippen MR) is 103 cm³/mol. The quantitative estimate of drug-likeness (QED) is 0.215. The summed E-state index contributed by atoms with van der Waals surface area (Å²) in [5.74, 6) is 1.58. The van der Waals surface area contributed by atoms with E-state index in [2.05, 4.69) is 22.5 Å². The van der Waals surface area contributed by atoms with Crippen LogP contribution in [0.4, 0.5) is 0 Å². The van der Waals surface area contributed by atoms with E-state index < -0.39 is 0 Å². The van der Waals surface area contributed by atoms with Crippen molar-refractivity contribution < 1.29 is 13.9 Å². The highest BCUT2D eigenvalue weighted by Gasteiger charge is 2.15. The van der Waals surface area contributed by atoms with E-state index >= 15 is 0 Å². The van der Waals surface area contributed by atoms with E-state index in [1.165, 1.54) is 26.4 Å². The van der Waals surface area contributed by atoms with Gasteiger partial charge in [-0.3, -0.25) is 4.99 Å². The molecule has 0 spiro atoms. The van der Waals surface area contributed by atoms with E-state index in [4.69, 9.17) is 9.15 Å². The molecule has 0 radical (unpaired) electrons. The number of nitrogens with one attached hydrogen (secondary N) is 2. The third-order valence-corrected chi connectivity index (χ3v) is 3.35. The highest BCUT2D eigenvalue weighted by Crippen LogP contribution is 2.15. The van der Waals surface area contributed by atoms with Gasteiger partial charge in [-0.05, 0) is 19.4 Å². The molecule has 1 aromatic heterocycles. The van der Waals surface area contributed by atoms with Crippen LogP contribution in [0.3, 0.4) is 0 Å². The van der Waals surface area contributed by atoms with Crippen LogP contribution in [-0.2, 0) is 11.3 Å². The second kappa shape index (κ2) is 12.2. The Kier molecular flexibility index (Phi) is 11.5. The van der Waals surface area contributed by atoms with Crippen LogP contribution in [0, 0.1) is 6.92 Å². The first-order valence-electron chi connectivity index (χ1n) is 7.74. The topological polar surface area (TPSA) is 75.9 Å². The maximum Gasteiger partial charge on any atom is 0.341 e. The van der Waals surface area contributed by atoms with Crippen molar-refractivity contribution in [1.29, 1.82) is 0 Å². The van der Waals surface area contributed by atoms with Crippen molar-refractivity contribution in [2.24, 2.45) is 4.99 Å². The van der Waals surface area contributed by atoms with Crippen molar-refractivity contribution >= 4 is 35.9 Å². The molecule has 132 valence electrons. The number of nitrogens with zero attached hydrogens (tertiary/aromatic N) is 1. The number of halogens is 1. The molecule has 0 saturated heterocycles. The number of esters is 1. The highest BCUT2D eigenvalue weighted by molar-refractivity contribution is 14.0. The second-order valence-electron chi connectivity index (χ2n) is 5.09. The lowest BCUT2D eigenvalue weighted by atomic mass is 10.2. The van der Waals surface area contributed by atoms with E-state index in [0.29, 0.717) is 23.6 Å². The minimum Gasteiger partial charge on any atom is -0.465 e. The Bertz CT molecular complexity index is 501. The van der Waals surface area contributed by atoms with E-state index in [0.717, 1.165) is 18.9 Å². The molecule has 0 amide bonds. The van der Waals surface area contributed by atoms with Crippen LogP contribution in [0.1, 0.15) is 54.5 Å². The average Bonchev–Trinajstić information content (AvgIpc) is 2.90. The van der Waals surface area contributed by atoms with Gasteiger partial charge in [0.05, 0.1) is 13.7 Å². The Balaban J connectivity index is 0.00000484. The Morgan fingerprint density at radius 1 is 1.30 bits per heavy atom. The summed E-state index contributed by atoms with van der Waals surface area (Å²) in [6, 6.07) is 1.70. The number of aliphatic imine (C=N–C) groups is 1. The van der Waals surface area contributed by atoms with Gasteiger partial charge in [0.15, 0.2) is 5.96 Å². The fraction of sp³-hybridized carbons (Fsp3) is 0.625. The van der Waals surface area contributed by atoms with Gasteiger partial charge < -0.3 is 19.8 Å². The lowest BCUT2D eigenvalue weighted by molar-refractivity contribution is 0.0599. The molecule has 2 N–H and O–H groups in total. The number of hydrogen-bond acceptors (Lipinski definition) is 4. The number of carbonyl (C=O) groups is 1.